The van der Waals surface area contributed by atoms with E-state index in [-0.39, 0.29) is 0 Å². The third-order valence-corrected chi connectivity index (χ3v) is 3.67. The lowest BCUT2D eigenvalue weighted by Gasteiger charge is -2.09. The molecule has 1 aromatic heterocycles. The van der Waals surface area contributed by atoms with Gasteiger partial charge >= 0.3 is 6.01 Å². The van der Waals surface area contributed by atoms with Crippen LogP contribution in [0, 0.1) is 6.92 Å². The number of benzene rings is 1. The number of aromatic nitrogens is 2. The molecule has 0 spiro atoms. The van der Waals surface area contributed by atoms with Crippen LogP contribution in [0.3, 0.4) is 0 Å². The third kappa shape index (κ3) is 4.59. The summed E-state index contributed by atoms with van der Waals surface area (Å²) in [6.07, 6.45) is 2.64. The maximum atomic E-state index is 6.19. The van der Waals surface area contributed by atoms with Crippen molar-refractivity contribution in [3.05, 3.63) is 39.2 Å². The average molecular weight is 329 g/mol. The summed E-state index contributed by atoms with van der Waals surface area (Å²) in [7, 11) is 0. The molecule has 5 nitrogen and oxygen atoms in total. The fraction of sp³-hybridized carbons (Fsp3) is 0.429. The minimum atomic E-state index is 0.392. The number of nitrogens with two attached hydrogens (primary N) is 1. The van der Waals surface area contributed by atoms with Gasteiger partial charge in [0, 0.05) is 23.0 Å². The second-order valence-corrected chi connectivity index (χ2v) is 5.63. The van der Waals surface area contributed by atoms with Crippen molar-refractivity contribution in [3.8, 4) is 0 Å². The molecule has 0 aliphatic heterocycles. The van der Waals surface area contributed by atoms with Crippen LogP contribution in [0.1, 0.15) is 29.9 Å². The van der Waals surface area contributed by atoms with Gasteiger partial charge in [-0.25, -0.2) is 0 Å². The standard InChI is InChI=1S/C14H18Cl2N4O/c1-9-6-10(15)7-12(16)11(9)8-18-14-20-19-13(21-14)4-2-3-5-17/h6-7H,2-5,8,17H2,1H3,(H,18,20). The highest BCUT2D eigenvalue weighted by Gasteiger charge is 2.09. The number of aryl methyl sites for hydroxylation is 2. The fourth-order valence-corrected chi connectivity index (χ4v) is 2.63. The average Bonchev–Trinajstić information content (AvgIpc) is 2.86. The van der Waals surface area contributed by atoms with Crippen molar-refractivity contribution in [2.75, 3.05) is 11.9 Å². The summed E-state index contributed by atoms with van der Waals surface area (Å²) in [4.78, 5) is 0. The second-order valence-electron chi connectivity index (χ2n) is 4.78. The van der Waals surface area contributed by atoms with Crippen LogP contribution in [0.25, 0.3) is 0 Å². The zero-order valence-corrected chi connectivity index (χ0v) is 13.3. The van der Waals surface area contributed by atoms with Crippen LogP contribution in [-0.2, 0) is 13.0 Å². The molecule has 1 aromatic carbocycles. The maximum absolute atomic E-state index is 6.19. The van der Waals surface area contributed by atoms with E-state index in [0.717, 1.165) is 30.4 Å². The quantitative estimate of drug-likeness (QED) is 0.759. The number of nitrogens with one attached hydrogen (secondary N) is 1. The van der Waals surface area contributed by atoms with Crippen molar-refractivity contribution in [2.45, 2.75) is 32.7 Å². The SMILES string of the molecule is Cc1cc(Cl)cc(Cl)c1CNc1nnc(CCCCN)o1. The lowest BCUT2D eigenvalue weighted by molar-refractivity contribution is 0.493. The lowest BCUT2D eigenvalue weighted by atomic mass is 10.1. The normalized spacial score (nSPS) is 10.9. The van der Waals surface area contributed by atoms with Crippen LogP contribution >= 0.6 is 23.2 Å². The molecule has 0 bridgehead atoms. The van der Waals surface area contributed by atoms with E-state index in [9.17, 15) is 0 Å². The summed E-state index contributed by atoms with van der Waals surface area (Å²) in [5, 5.41) is 12.3. The number of anilines is 1. The van der Waals surface area contributed by atoms with Crippen LogP contribution in [0.2, 0.25) is 10.0 Å². The van der Waals surface area contributed by atoms with Crippen molar-refractivity contribution in [1.29, 1.82) is 0 Å². The van der Waals surface area contributed by atoms with Gasteiger partial charge in [0.15, 0.2) is 0 Å². The van der Waals surface area contributed by atoms with Crippen LogP contribution in [0.5, 0.6) is 0 Å². The van der Waals surface area contributed by atoms with Crippen molar-refractivity contribution < 1.29 is 4.42 Å². The zero-order valence-electron chi connectivity index (χ0n) is 11.8. The highest BCUT2D eigenvalue weighted by Crippen LogP contribution is 2.25. The van der Waals surface area contributed by atoms with Gasteiger partial charge in [-0.2, -0.15) is 0 Å². The molecule has 0 aliphatic carbocycles. The Bertz CT molecular complexity index is 577. The minimum Gasteiger partial charge on any atom is -0.408 e. The first kappa shape index (κ1) is 16.1. The van der Waals surface area contributed by atoms with Crippen LogP contribution in [-0.4, -0.2) is 16.7 Å². The first-order valence-electron chi connectivity index (χ1n) is 6.81. The van der Waals surface area contributed by atoms with Crippen LogP contribution in [0.15, 0.2) is 16.5 Å². The van der Waals surface area contributed by atoms with Gasteiger partial charge in [0.05, 0.1) is 0 Å². The van der Waals surface area contributed by atoms with Gasteiger partial charge in [-0.05, 0) is 49.6 Å². The van der Waals surface area contributed by atoms with Gasteiger partial charge in [-0.1, -0.05) is 28.3 Å². The third-order valence-electron chi connectivity index (χ3n) is 3.11. The molecule has 0 saturated heterocycles. The molecular weight excluding hydrogens is 311 g/mol. The first-order valence-corrected chi connectivity index (χ1v) is 7.56. The molecule has 0 unspecified atom stereocenters. The molecule has 0 radical (unpaired) electrons. The van der Waals surface area contributed by atoms with E-state index in [2.05, 4.69) is 15.5 Å². The highest BCUT2D eigenvalue weighted by molar-refractivity contribution is 6.35. The van der Waals surface area contributed by atoms with Crippen LogP contribution in [0.4, 0.5) is 6.01 Å². The number of nitrogens with zero attached hydrogens (tertiary/aromatic N) is 2. The number of unbranched alkanes of at least 4 members (excludes halogenated alkanes) is 1. The Labute approximate surface area is 133 Å². The van der Waals surface area contributed by atoms with Gasteiger partial charge in [-0.15, -0.1) is 5.10 Å². The van der Waals surface area contributed by atoms with E-state index in [1.807, 2.05) is 13.0 Å². The van der Waals surface area contributed by atoms with Gasteiger partial charge in [0.25, 0.3) is 0 Å². The largest absolute Gasteiger partial charge is 0.408 e. The molecule has 2 aromatic rings. The maximum Gasteiger partial charge on any atom is 0.315 e. The molecule has 2 rings (SSSR count). The highest BCUT2D eigenvalue weighted by atomic mass is 35.5. The molecule has 3 N–H and O–H groups in total. The molecule has 1 heterocycles. The Kier molecular flexibility index (Phi) is 5.85. The van der Waals surface area contributed by atoms with Crippen molar-refractivity contribution in [1.82, 2.24) is 10.2 Å². The molecule has 0 aliphatic rings. The molecule has 21 heavy (non-hydrogen) atoms. The Morgan fingerprint density at radius 1 is 1.24 bits per heavy atom. The predicted octanol–water partition coefficient (Wildman–Crippen LogP) is 3.58. The second kappa shape index (κ2) is 7.64. The summed E-state index contributed by atoms with van der Waals surface area (Å²) < 4.78 is 5.51. The number of rotatable bonds is 7. The molecule has 0 amide bonds. The zero-order chi connectivity index (χ0) is 15.2. The molecule has 0 atom stereocenters. The van der Waals surface area contributed by atoms with E-state index in [0.29, 0.717) is 35.0 Å². The van der Waals surface area contributed by atoms with E-state index in [4.69, 9.17) is 33.4 Å². The smallest absolute Gasteiger partial charge is 0.315 e. The summed E-state index contributed by atoms with van der Waals surface area (Å²) >= 11 is 12.1. The number of halogens is 2. The molecule has 114 valence electrons. The molecule has 0 fully saturated rings. The summed E-state index contributed by atoms with van der Waals surface area (Å²) in [6, 6.07) is 3.98. The van der Waals surface area contributed by atoms with E-state index in [1.165, 1.54) is 0 Å². The first-order chi connectivity index (χ1) is 10.1. The molecule has 7 heteroatoms. The van der Waals surface area contributed by atoms with Gasteiger partial charge in [0.2, 0.25) is 5.89 Å². The Morgan fingerprint density at radius 2 is 2.05 bits per heavy atom. The molecular formula is C14H18Cl2N4O. The Balaban J connectivity index is 1.94. The topological polar surface area (TPSA) is 77.0 Å². The fourth-order valence-electron chi connectivity index (χ4n) is 1.97. The monoisotopic (exact) mass is 328 g/mol. The summed E-state index contributed by atoms with van der Waals surface area (Å²) in [5.41, 5.74) is 7.43. The summed E-state index contributed by atoms with van der Waals surface area (Å²) in [5.74, 6) is 0.616. The van der Waals surface area contributed by atoms with Gasteiger partial charge in [0.1, 0.15) is 0 Å². The minimum absolute atomic E-state index is 0.392. The van der Waals surface area contributed by atoms with Gasteiger partial charge in [-0.3, -0.25) is 0 Å². The Hall–Kier alpha value is -1.30. The van der Waals surface area contributed by atoms with Crippen molar-refractivity contribution in [2.24, 2.45) is 5.73 Å². The number of hydrogen-bond acceptors (Lipinski definition) is 5. The van der Waals surface area contributed by atoms with Gasteiger partial charge < -0.3 is 15.5 Å². The summed E-state index contributed by atoms with van der Waals surface area (Å²) in [6.45, 7) is 3.14. The van der Waals surface area contributed by atoms with E-state index in [1.54, 1.807) is 6.07 Å². The molecule has 0 saturated carbocycles. The van der Waals surface area contributed by atoms with Crippen molar-refractivity contribution in [3.63, 3.8) is 0 Å². The predicted molar refractivity (Wildman–Crippen MR) is 84.8 cm³/mol. The Morgan fingerprint density at radius 3 is 2.76 bits per heavy atom. The van der Waals surface area contributed by atoms with E-state index < -0.39 is 0 Å². The van der Waals surface area contributed by atoms with E-state index >= 15 is 0 Å². The van der Waals surface area contributed by atoms with Crippen molar-refractivity contribution >= 4 is 29.2 Å². The number of hydrogen-bond donors (Lipinski definition) is 2. The van der Waals surface area contributed by atoms with Crippen LogP contribution < -0.4 is 11.1 Å². The lowest BCUT2D eigenvalue weighted by Crippen LogP contribution is -2.02.